The first-order valence-electron chi connectivity index (χ1n) is 5.62. The lowest BCUT2D eigenvalue weighted by molar-refractivity contribution is 0.414. The smallest absolute Gasteiger partial charge is 0.220 e. The Bertz CT molecular complexity index is 648. The molecular formula is C14H13N3O2. The zero-order valence-corrected chi connectivity index (χ0v) is 10.7. The molecule has 1 aromatic carbocycles. The molecule has 1 aromatic heterocycles. The topological polar surface area (TPSA) is 81.2 Å². The number of nitrogens with zero attached hydrogens (tertiary/aromatic N) is 2. The van der Waals surface area contributed by atoms with Crippen LogP contribution in [0.15, 0.2) is 30.3 Å². The molecule has 19 heavy (non-hydrogen) atoms. The Labute approximate surface area is 111 Å². The molecule has 0 atom stereocenters. The van der Waals surface area contributed by atoms with Gasteiger partial charge in [-0.1, -0.05) is 0 Å². The van der Waals surface area contributed by atoms with Gasteiger partial charge in [0.1, 0.15) is 11.5 Å². The zero-order chi connectivity index (χ0) is 13.8. The fourth-order valence-electron chi connectivity index (χ4n) is 1.65. The first-order chi connectivity index (χ1) is 9.12. The van der Waals surface area contributed by atoms with E-state index >= 15 is 0 Å². The van der Waals surface area contributed by atoms with Crippen molar-refractivity contribution in [2.75, 3.05) is 12.8 Å². The molecule has 0 spiro atoms. The summed E-state index contributed by atoms with van der Waals surface area (Å²) in [5.41, 5.74) is 7.50. The molecule has 2 rings (SSSR count). The number of nitrogen functional groups attached to an aromatic ring is 1. The predicted molar refractivity (Wildman–Crippen MR) is 71.2 cm³/mol. The maximum absolute atomic E-state index is 8.90. The van der Waals surface area contributed by atoms with Crippen LogP contribution in [0.1, 0.15) is 11.3 Å². The second-order valence-electron chi connectivity index (χ2n) is 3.95. The van der Waals surface area contributed by atoms with Crippen LogP contribution < -0.4 is 15.2 Å². The summed E-state index contributed by atoms with van der Waals surface area (Å²) in [5, 5.41) is 8.90. The minimum atomic E-state index is 0.362. The van der Waals surface area contributed by atoms with Crippen LogP contribution in [0, 0.1) is 18.3 Å². The summed E-state index contributed by atoms with van der Waals surface area (Å²) in [4.78, 5) is 4.20. The molecule has 0 aliphatic heterocycles. The van der Waals surface area contributed by atoms with Crippen LogP contribution in [0.2, 0.25) is 0 Å². The average molecular weight is 255 g/mol. The number of hydrogen-bond acceptors (Lipinski definition) is 5. The van der Waals surface area contributed by atoms with E-state index in [0.717, 1.165) is 5.69 Å². The largest absolute Gasteiger partial charge is 0.495 e. The van der Waals surface area contributed by atoms with Crippen molar-refractivity contribution < 1.29 is 9.47 Å². The van der Waals surface area contributed by atoms with Gasteiger partial charge >= 0.3 is 0 Å². The van der Waals surface area contributed by atoms with Crippen molar-refractivity contribution in [1.29, 1.82) is 5.26 Å². The minimum absolute atomic E-state index is 0.362. The van der Waals surface area contributed by atoms with Gasteiger partial charge in [0.2, 0.25) is 5.88 Å². The predicted octanol–water partition coefficient (Wildman–Crippen LogP) is 2.64. The average Bonchev–Trinajstić information content (AvgIpc) is 2.38. The van der Waals surface area contributed by atoms with Gasteiger partial charge in [0.05, 0.1) is 24.4 Å². The van der Waals surface area contributed by atoms with Gasteiger partial charge in [-0.2, -0.15) is 5.26 Å². The Balaban J connectivity index is 2.29. The number of anilines is 1. The SMILES string of the molecule is COc1ccc(Oc2cc(C#N)cc(C)n2)cc1N. The molecule has 0 aliphatic rings. The molecule has 2 aromatic rings. The third kappa shape index (κ3) is 2.93. The lowest BCUT2D eigenvalue weighted by Gasteiger charge is -2.09. The third-order valence-corrected chi connectivity index (χ3v) is 2.48. The highest BCUT2D eigenvalue weighted by Gasteiger charge is 2.05. The number of ether oxygens (including phenoxy) is 2. The maximum atomic E-state index is 8.90. The van der Waals surface area contributed by atoms with Gasteiger partial charge in [-0.15, -0.1) is 0 Å². The second kappa shape index (κ2) is 5.27. The van der Waals surface area contributed by atoms with Gasteiger partial charge in [0.15, 0.2) is 0 Å². The van der Waals surface area contributed by atoms with Crippen molar-refractivity contribution in [2.24, 2.45) is 0 Å². The molecule has 0 unspecified atom stereocenters. The summed E-state index contributed by atoms with van der Waals surface area (Å²) in [5.74, 6) is 1.49. The van der Waals surface area contributed by atoms with Gasteiger partial charge in [-0.3, -0.25) is 0 Å². The molecular weight excluding hydrogens is 242 g/mol. The van der Waals surface area contributed by atoms with Crippen molar-refractivity contribution in [3.05, 3.63) is 41.6 Å². The van der Waals surface area contributed by atoms with Crippen LogP contribution in [-0.4, -0.2) is 12.1 Å². The number of benzene rings is 1. The highest BCUT2D eigenvalue weighted by atomic mass is 16.5. The number of rotatable bonds is 3. The highest BCUT2D eigenvalue weighted by Crippen LogP contribution is 2.28. The van der Waals surface area contributed by atoms with Crippen LogP contribution in [0.25, 0.3) is 0 Å². The zero-order valence-electron chi connectivity index (χ0n) is 10.7. The molecule has 0 aliphatic carbocycles. The molecule has 0 saturated heterocycles. The lowest BCUT2D eigenvalue weighted by atomic mass is 10.2. The van der Waals surface area contributed by atoms with E-state index in [0.29, 0.717) is 28.6 Å². The summed E-state index contributed by atoms with van der Waals surface area (Å²) in [6.45, 7) is 1.80. The molecule has 0 amide bonds. The normalized spacial score (nSPS) is 9.74. The van der Waals surface area contributed by atoms with Crippen molar-refractivity contribution in [2.45, 2.75) is 6.92 Å². The van der Waals surface area contributed by atoms with Gasteiger partial charge in [-0.05, 0) is 25.1 Å². The molecule has 0 saturated carbocycles. The van der Waals surface area contributed by atoms with E-state index in [1.165, 1.54) is 0 Å². The summed E-state index contributed by atoms with van der Waals surface area (Å²) in [6, 6.07) is 10.4. The minimum Gasteiger partial charge on any atom is -0.495 e. The van der Waals surface area contributed by atoms with Crippen molar-refractivity contribution in [3.8, 4) is 23.4 Å². The van der Waals surface area contributed by atoms with E-state index in [1.807, 2.05) is 0 Å². The molecule has 0 fully saturated rings. The monoisotopic (exact) mass is 255 g/mol. The van der Waals surface area contributed by atoms with Crippen molar-refractivity contribution in [1.82, 2.24) is 4.98 Å². The fraction of sp³-hybridized carbons (Fsp3) is 0.143. The number of nitriles is 1. The van der Waals surface area contributed by atoms with Crippen molar-refractivity contribution >= 4 is 5.69 Å². The van der Waals surface area contributed by atoms with Gasteiger partial charge in [0.25, 0.3) is 0 Å². The van der Waals surface area contributed by atoms with Crippen LogP contribution in [0.5, 0.6) is 17.4 Å². The Hall–Kier alpha value is -2.74. The number of nitrogens with two attached hydrogens (primary N) is 1. The second-order valence-corrected chi connectivity index (χ2v) is 3.95. The fourth-order valence-corrected chi connectivity index (χ4v) is 1.65. The van der Waals surface area contributed by atoms with Crippen LogP contribution >= 0.6 is 0 Å². The molecule has 1 heterocycles. The van der Waals surface area contributed by atoms with E-state index in [9.17, 15) is 0 Å². The Morgan fingerprint density at radius 2 is 2.05 bits per heavy atom. The van der Waals surface area contributed by atoms with Gasteiger partial charge in [0, 0.05) is 17.8 Å². The summed E-state index contributed by atoms with van der Waals surface area (Å²) >= 11 is 0. The first-order valence-corrected chi connectivity index (χ1v) is 5.62. The summed E-state index contributed by atoms with van der Waals surface area (Å²) in [6.07, 6.45) is 0. The Morgan fingerprint density at radius 3 is 2.68 bits per heavy atom. The van der Waals surface area contributed by atoms with Gasteiger partial charge < -0.3 is 15.2 Å². The lowest BCUT2D eigenvalue weighted by Crippen LogP contribution is -1.95. The van der Waals surface area contributed by atoms with Crippen LogP contribution in [0.3, 0.4) is 0 Å². The molecule has 0 radical (unpaired) electrons. The highest BCUT2D eigenvalue weighted by molar-refractivity contribution is 5.56. The van der Waals surface area contributed by atoms with Crippen molar-refractivity contribution in [3.63, 3.8) is 0 Å². The number of methoxy groups -OCH3 is 1. The number of aryl methyl sites for hydroxylation is 1. The molecule has 2 N–H and O–H groups in total. The molecule has 5 heteroatoms. The van der Waals surface area contributed by atoms with E-state index in [4.69, 9.17) is 20.5 Å². The standard InChI is InChI=1S/C14H13N3O2/c1-9-5-10(8-15)6-14(17-9)19-11-3-4-13(18-2)12(16)7-11/h3-7H,16H2,1-2H3. The van der Waals surface area contributed by atoms with Crippen LogP contribution in [0.4, 0.5) is 5.69 Å². The Morgan fingerprint density at radius 1 is 1.26 bits per heavy atom. The van der Waals surface area contributed by atoms with Crippen LogP contribution in [-0.2, 0) is 0 Å². The van der Waals surface area contributed by atoms with E-state index in [-0.39, 0.29) is 0 Å². The van der Waals surface area contributed by atoms with E-state index in [1.54, 1.807) is 44.4 Å². The first kappa shape index (κ1) is 12.7. The molecule has 5 nitrogen and oxygen atoms in total. The van der Waals surface area contributed by atoms with Gasteiger partial charge in [-0.25, -0.2) is 4.98 Å². The number of hydrogen-bond donors (Lipinski definition) is 1. The van der Waals surface area contributed by atoms with E-state index in [2.05, 4.69) is 11.1 Å². The maximum Gasteiger partial charge on any atom is 0.220 e. The third-order valence-electron chi connectivity index (χ3n) is 2.48. The molecule has 96 valence electrons. The quantitative estimate of drug-likeness (QED) is 0.852. The molecule has 0 bridgehead atoms. The summed E-state index contributed by atoms with van der Waals surface area (Å²) in [7, 11) is 1.55. The Kier molecular flexibility index (Phi) is 3.53. The summed E-state index contributed by atoms with van der Waals surface area (Å²) < 4.78 is 10.7. The number of pyridine rings is 1. The number of aromatic nitrogens is 1. The van der Waals surface area contributed by atoms with E-state index < -0.39 is 0 Å².